The van der Waals surface area contributed by atoms with Gasteiger partial charge in [0, 0.05) is 6.42 Å². The number of aliphatic hydroxyl groups is 1. The minimum absolute atomic E-state index is 0.0674. The molecule has 0 spiro atoms. The third-order valence-corrected chi connectivity index (χ3v) is 5.87. The van der Waals surface area contributed by atoms with E-state index in [1.54, 1.807) is 6.92 Å². The van der Waals surface area contributed by atoms with Gasteiger partial charge in [0.25, 0.3) is 5.79 Å². The Morgan fingerprint density at radius 1 is 1.00 bits per heavy atom. The number of ether oxygens (including phenoxy) is 2. The summed E-state index contributed by atoms with van der Waals surface area (Å²) in [6, 6.07) is 0. The van der Waals surface area contributed by atoms with Gasteiger partial charge in [0.1, 0.15) is 0 Å². The van der Waals surface area contributed by atoms with Gasteiger partial charge in [0.15, 0.2) is 5.60 Å². The molecule has 4 unspecified atom stereocenters. The minimum Gasteiger partial charge on any atom is -0.449 e. The van der Waals surface area contributed by atoms with E-state index in [4.69, 9.17) is 0 Å². The fraction of sp³-hybridized carbons (Fsp3) is 0.944. The SMILES string of the molecule is CCCC(C)C(C)(C)C(=O)OC1(C(F)(F)F)CC(C)(C(F)(F)F)OC(O)(C(F)(F)F)C1. The molecule has 184 valence electrons. The lowest BCUT2D eigenvalue weighted by Crippen LogP contribution is -2.71. The lowest BCUT2D eigenvalue weighted by Gasteiger charge is -2.53. The topological polar surface area (TPSA) is 55.8 Å². The number of carbonyl (C=O) groups is 1. The van der Waals surface area contributed by atoms with E-state index in [1.807, 2.05) is 0 Å². The van der Waals surface area contributed by atoms with Crippen molar-refractivity contribution >= 4 is 5.97 Å². The first-order chi connectivity index (χ1) is 13.5. The highest BCUT2D eigenvalue weighted by Crippen LogP contribution is 2.58. The van der Waals surface area contributed by atoms with Crippen molar-refractivity contribution < 1.29 is 58.9 Å². The maximum atomic E-state index is 14.0. The van der Waals surface area contributed by atoms with Crippen molar-refractivity contribution in [3.8, 4) is 0 Å². The molecule has 1 rings (SSSR count). The molecule has 0 aliphatic carbocycles. The minimum atomic E-state index is -6.05. The lowest BCUT2D eigenvalue weighted by atomic mass is 9.75. The van der Waals surface area contributed by atoms with Crippen molar-refractivity contribution in [2.24, 2.45) is 11.3 Å². The molecule has 4 atom stereocenters. The maximum absolute atomic E-state index is 14.0. The average molecular weight is 476 g/mol. The third kappa shape index (κ3) is 5.07. The van der Waals surface area contributed by atoms with Crippen LogP contribution in [0, 0.1) is 11.3 Å². The van der Waals surface area contributed by atoms with Crippen LogP contribution < -0.4 is 0 Å². The van der Waals surface area contributed by atoms with E-state index in [0.29, 0.717) is 12.8 Å². The number of esters is 1. The molecule has 1 saturated heterocycles. The summed E-state index contributed by atoms with van der Waals surface area (Å²) in [5.41, 5.74) is -10.1. The van der Waals surface area contributed by atoms with Crippen LogP contribution >= 0.6 is 0 Å². The van der Waals surface area contributed by atoms with Crippen LogP contribution in [0.3, 0.4) is 0 Å². The Balaban J connectivity index is 3.64. The van der Waals surface area contributed by atoms with Gasteiger partial charge < -0.3 is 14.6 Å². The Labute approximate surface area is 173 Å². The molecular formula is C18H25F9O4. The molecule has 0 saturated carbocycles. The van der Waals surface area contributed by atoms with Crippen LogP contribution in [-0.4, -0.2) is 46.6 Å². The zero-order valence-electron chi connectivity index (χ0n) is 17.5. The molecule has 0 aromatic rings. The largest absolute Gasteiger partial charge is 0.449 e. The molecule has 0 bridgehead atoms. The normalized spacial score (nSPS) is 32.0. The van der Waals surface area contributed by atoms with Crippen LogP contribution in [0.1, 0.15) is 60.3 Å². The second-order valence-corrected chi connectivity index (χ2v) is 8.76. The Hall–Kier alpha value is -1.24. The van der Waals surface area contributed by atoms with Gasteiger partial charge >= 0.3 is 24.5 Å². The quantitative estimate of drug-likeness (QED) is 0.410. The maximum Gasteiger partial charge on any atom is 0.443 e. The summed E-state index contributed by atoms with van der Waals surface area (Å²) in [6.45, 7) is 5.49. The van der Waals surface area contributed by atoms with Gasteiger partial charge in [-0.1, -0.05) is 20.3 Å². The summed E-state index contributed by atoms with van der Waals surface area (Å²) in [5.74, 6) is -7.11. The molecule has 0 radical (unpaired) electrons. The van der Waals surface area contributed by atoms with Gasteiger partial charge in [-0.2, -0.15) is 39.5 Å². The second-order valence-electron chi connectivity index (χ2n) is 8.76. The Morgan fingerprint density at radius 2 is 1.48 bits per heavy atom. The number of hydrogen-bond donors (Lipinski definition) is 1. The van der Waals surface area contributed by atoms with Crippen LogP contribution in [0.2, 0.25) is 0 Å². The first kappa shape index (κ1) is 27.8. The molecule has 0 aromatic carbocycles. The molecule has 1 aliphatic heterocycles. The van der Waals surface area contributed by atoms with Crippen molar-refractivity contribution in [2.45, 2.75) is 95.8 Å². The fourth-order valence-corrected chi connectivity index (χ4v) is 3.39. The monoisotopic (exact) mass is 476 g/mol. The molecule has 0 aromatic heterocycles. The van der Waals surface area contributed by atoms with Crippen LogP contribution in [0.25, 0.3) is 0 Å². The van der Waals surface area contributed by atoms with Crippen molar-refractivity contribution in [1.29, 1.82) is 0 Å². The molecule has 1 heterocycles. The standard InChI is InChI=1S/C18H25F9O4/c1-6-7-10(2)12(3,4)11(28)30-14(17(22,23)24)8-13(5,16(19,20)21)31-15(29,9-14)18(25,26)27/h10,29H,6-9H2,1-5H3. The van der Waals surface area contributed by atoms with Crippen LogP contribution in [0.4, 0.5) is 39.5 Å². The molecule has 4 nitrogen and oxygen atoms in total. The van der Waals surface area contributed by atoms with Gasteiger partial charge in [-0.05, 0) is 33.1 Å². The predicted molar refractivity (Wildman–Crippen MR) is 88.5 cm³/mol. The summed E-state index contributed by atoms with van der Waals surface area (Å²) in [7, 11) is 0. The average Bonchev–Trinajstić information content (AvgIpc) is 2.50. The lowest BCUT2D eigenvalue weighted by molar-refractivity contribution is -0.470. The predicted octanol–water partition coefficient (Wildman–Crippen LogP) is 5.68. The zero-order chi connectivity index (χ0) is 24.9. The smallest absolute Gasteiger partial charge is 0.443 e. The first-order valence-corrected chi connectivity index (χ1v) is 9.34. The van der Waals surface area contributed by atoms with Gasteiger partial charge in [-0.15, -0.1) is 0 Å². The van der Waals surface area contributed by atoms with E-state index in [2.05, 4.69) is 9.47 Å². The molecule has 13 heteroatoms. The van der Waals surface area contributed by atoms with E-state index < -0.39 is 65.7 Å². The molecule has 1 N–H and O–H groups in total. The van der Waals surface area contributed by atoms with Gasteiger partial charge in [0.2, 0.25) is 5.60 Å². The number of alkyl halides is 9. The third-order valence-electron chi connectivity index (χ3n) is 5.87. The summed E-state index contributed by atoms with van der Waals surface area (Å²) in [5, 5.41) is 9.78. The molecule has 1 aliphatic rings. The Bertz CT molecular complexity index is 640. The highest BCUT2D eigenvalue weighted by molar-refractivity contribution is 5.77. The number of hydrogen-bond acceptors (Lipinski definition) is 4. The highest BCUT2D eigenvalue weighted by atomic mass is 19.4. The molecule has 1 fully saturated rings. The van der Waals surface area contributed by atoms with Crippen molar-refractivity contribution in [2.75, 3.05) is 0 Å². The summed E-state index contributed by atoms with van der Waals surface area (Å²) < 4.78 is 131. The van der Waals surface area contributed by atoms with Crippen molar-refractivity contribution in [3.63, 3.8) is 0 Å². The molecular weight excluding hydrogens is 451 g/mol. The Morgan fingerprint density at radius 3 is 1.84 bits per heavy atom. The van der Waals surface area contributed by atoms with Gasteiger partial charge in [-0.3, -0.25) is 4.79 Å². The number of rotatable bonds is 5. The van der Waals surface area contributed by atoms with E-state index in [-0.39, 0.29) is 6.92 Å². The molecule has 31 heavy (non-hydrogen) atoms. The van der Waals surface area contributed by atoms with E-state index in [0.717, 1.165) is 0 Å². The van der Waals surface area contributed by atoms with E-state index >= 15 is 0 Å². The first-order valence-electron chi connectivity index (χ1n) is 9.34. The van der Waals surface area contributed by atoms with Crippen LogP contribution in [0.5, 0.6) is 0 Å². The van der Waals surface area contributed by atoms with E-state index in [1.165, 1.54) is 20.8 Å². The summed E-state index contributed by atoms with van der Waals surface area (Å²) in [6.07, 6.45) is -21.6. The number of halogens is 9. The Kier molecular flexibility index (Phi) is 7.14. The van der Waals surface area contributed by atoms with Crippen LogP contribution in [0.15, 0.2) is 0 Å². The highest BCUT2D eigenvalue weighted by Gasteiger charge is 2.77. The van der Waals surface area contributed by atoms with Crippen molar-refractivity contribution in [1.82, 2.24) is 0 Å². The summed E-state index contributed by atoms with van der Waals surface area (Å²) >= 11 is 0. The second kappa shape index (κ2) is 7.96. The van der Waals surface area contributed by atoms with Gasteiger partial charge in [0.05, 0.1) is 11.8 Å². The van der Waals surface area contributed by atoms with Gasteiger partial charge in [-0.25, -0.2) is 0 Å². The van der Waals surface area contributed by atoms with Crippen LogP contribution in [-0.2, 0) is 14.3 Å². The fourth-order valence-electron chi connectivity index (χ4n) is 3.39. The zero-order valence-corrected chi connectivity index (χ0v) is 17.5. The number of carbonyl (C=O) groups excluding carboxylic acids is 1. The molecule has 0 amide bonds. The van der Waals surface area contributed by atoms with E-state index in [9.17, 15) is 49.4 Å². The summed E-state index contributed by atoms with van der Waals surface area (Å²) in [4.78, 5) is 12.6. The van der Waals surface area contributed by atoms with Crippen molar-refractivity contribution in [3.05, 3.63) is 0 Å².